The van der Waals surface area contributed by atoms with Crippen LogP contribution < -0.4 is 0 Å². The van der Waals surface area contributed by atoms with Crippen molar-refractivity contribution in [1.82, 2.24) is 0 Å². The zero-order chi connectivity index (χ0) is 12.1. The molecule has 0 amide bonds. The third-order valence-corrected chi connectivity index (χ3v) is 2.91. The molecule has 0 aliphatic carbocycles. The molecule has 2 fully saturated rings. The second kappa shape index (κ2) is 6.63. The van der Waals surface area contributed by atoms with Crippen molar-refractivity contribution in [2.75, 3.05) is 26.4 Å². The summed E-state index contributed by atoms with van der Waals surface area (Å²) in [5, 5.41) is 17.7. The molecule has 17 heavy (non-hydrogen) atoms. The molecule has 0 radical (unpaired) electrons. The van der Waals surface area contributed by atoms with E-state index >= 15 is 0 Å². The van der Waals surface area contributed by atoms with Gasteiger partial charge in [0, 0.05) is 0 Å². The van der Waals surface area contributed by atoms with Crippen LogP contribution in [0.25, 0.3) is 0 Å². The number of hydrogen-bond acceptors (Lipinski definition) is 6. The van der Waals surface area contributed by atoms with Gasteiger partial charge >= 0.3 is 0 Å². The minimum atomic E-state index is -0.220. The Balaban J connectivity index is 1.55. The van der Waals surface area contributed by atoms with Crippen molar-refractivity contribution >= 4 is 0 Å². The molecule has 2 aliphatic rings. The standard InChI is InChI=1S/C11H20O6/c12-4-8-6-14-10(16-8)2-1-3-11-15-7-9(5-13)17-11/h8-13H,1-7H2. The molecule has 2 N–H and O–H groups in total. The van der Waals surface area contributed by atoms with E-state index in [2.05, 4.69) is 0 Å². The smallest absolute Gasteiger partial charge is 0.158 e. The summed E-state index contributed by atoms with van der Waals surface area (Å²) in [6.45, 7) is 0.932. The Bertz CT molecular complexity index is 202. The minimum Gasteiger partial charge on any atom is -0.394 e. The molecule has 6 heteroatoms. The first-order valence-corrected chi connectivity index (χ1v) is 6.07. The van der Waals surface area contributed by atoms with Gasteiger partial charge in [-0.1, -0.05) is 0 Å². The zero-order valence-corrected chi connectivity index (χ0v) is 9.79. The average molecular weight is 248 g/mol. The number of aliphatic hydroxyl groups is 2. The molecule has 100 valence electrons. The Hall–Kier alpha value is -0.240. The quantitative estimate of drug-likeness (QED) is 0.667. The molecule has 2 heterocycles. The highest BCUT2D eigenvalue weighted by atomic mass is 16.7. The summed E-state index contributed by atoms with van der Waals surface area (Å²) in [5.74, 6) is 0. The van der Waals surface area contributed by atoms with Gasteiger partial charge in [-0.25, -0.2) is 0 Å². The van der Waals surface area contributed by atoms with E-state index in [0.717, 1.165) is 19.3 Å². The van der Waals surface area contributed by atoms with Crippen molar-refractivity contribution < 1.29 is 29.2 Å². The largest absolute Gasteiger partial charge is 0.394 e. The van der Waals surface area contributed by atoms with Crippen LogP contribution in [-0.2, 0) is 18.9 Å². The fourth-order valence-electron chi connectivity index (χ4n) is 1.96. The first-order valence-electron chi connectivity index (χ1n) is 6.07. The second-order valence-electron chi connectivity index (χ2n) is 4.34. The van der Waals surface area contributed by atoms with E-state index in [1.165, 1.54) is 0 Å². The fraction of sp³-hybridized carbons (Fsp3) is 1.00. The van der Waals surface area contributed by atoms with Gasteiger partial charge in [-0.2, -0.15) is 0 Å². The molecule has 0 aromatic carbocycles. The van der Waals surface area contributed by atoms with E-state index in [4.69, 9.17) is 29.2 Å². The number of aliphatic hydroxyl groups excluding tert-OH is 2. The number of ether oxygens (including phenoxy) is 4. The lowest BCUT2D eigenvalue weighted by Gasteiger charge is -2.12. The Morgan fingerprint density at radius 3 is 1.65 bits per heavy atom. The molecule has 0 aromatic rings. The van der Waals surface area contributed by atoms with Crippen molar-refractivity contribution in [3.05, 3.63) is 0 Å². The highest BCUT2D eigenvalue weighted by Crippen LogP contribution is 2.20. The Labute approximate surface area is 100 Å². The number of hydrogen-bond donors (Lipinski definition) is 2. The van der Waals surface area contributed by atoms with E-state index in [-0.39, 0.29) is 38.0 Å². The summed E-state index contributed by atoms with van der Waals surface area (Å²) < 4.78 is 21.6. The van der Waals surface area contributed by atoms with E-state index in [1.807, 2.05) is 0 Å². The van der Waals surface area contributed by atoms with Crippen LogP contribution in [0.3, 0.4) is 0 Å². The molecule has 6 nitrogen and oxygen atoms in total. The molecule has 4 atom stereocenters. The lowest BCUT2D eigenvalue weighted by Crippen LogP contribution is -2.17. The first-order chi connectivity index (χ1) is 8.31. The molecule has 0 aromatic heterocycles. The Kier molecular flexibility index (Phi) is 5.15. The number of rotatable bonds is 6. The van der Waals surface area contributed by atoms with Crippen LogP contribution in [0.5, 0.6) is 0 Å². The Morgan fingerprint density at radius 2 is 1.29 bits per heavy atom. The molecule has 2 aliphatic heterocycles. The maximum Gasteiger partial charge on any atom is 0.158 e. The van der Waals surface area contributed by atoms with Crippen LogP contribution in [0, 0.1) is 0 Å². The van der Waals surface area contributed by atoms with E-state index in [0.29, 0.717) is 13.2 Å². The van der Waals surface area contributed by atoms with Gasteiger partial charge in [-0.05, 0) is 19.3 Å². The van der Waals surface area contributed by atoms with Gasteiger partial charge in [0.1, 0.15) is 12.2 Å². The third-order valence-electron chi connectivity index (χ3n) is 2.91. The van der Waals surface area contributed by atoms with Gasteiger partial charge in [-0.15, -0.1) is 0 Å². The topological polar surface area (TPSA) is 77.4 Å². The van der Waals surface area contributed by atoms with Crippen molar-refractivity contribution in [3.8, 4) is 0 Å². The minimum absolute atomic E-state index is 0.00350. The van der Waals surface area contributed by atoms with Crippen molar-refractivity contribution in [2.45, 2.75) is 44.1 Å². The van der Waals surface area contributed by atoms with Gasteiger partial charge in [-0.3, -0.25) is 0 Å². The van der Waals surface area contributed by atoms with E-state index < -0.39 is 0 Å². The van der Waals surface area contributed by atoms with Gasteiger partial charge in [0.25, 0.3) is 0 Å². The molecule has 0 spiro atoms. The van der Waals surface area contributed by atoms with Crippen molar-refractivity contribution in [2.24, 2.45) is 0 Å². The predicted octanol–water partition coefficient (Wildman–Crippen LogP) is -0.376. The summed E-state index contributed by atoms with van der Waals surface area (Å²) in [4.78, 5) is 0. The summed E-state index contributed by atoms with van der Waals surface area (Å²) in [6, 6.07) is 0. The molecular formula is C11H20O6. The second-order valence-corrected chi connectivity index (χ2v) is 4.34. The summed E-state index contributed by atoms with van der Waals surface area (Å²) in [6.07, 6.45) is 1.60. The van der Waals surface area contributed by atoms with Crippen LogP contribution in [0.1, 0.15) is 19.3 Å². The van der Waals surface area contributed by atoms with Crippen LogP contribution in [0.2, 0.25) is 0 Å². The monoisotopic (exact) mass is 248 g/mol. The zero-order valence-electron chi connectivity index (χ0n) is 9.79. The predicted molar refractivity (Wildman–Crippen MR) is 57.2 cm³/mol. The molecule has 4 unspecified atom stereocenters. The maximum atomic E-state index is 8.87. The fourth-order valence-corrected chi connectivity index (χ4v) is 1.96. The SMILES string of the molecule is OCC1COC(CCCC2OCC(CO)O2)O1. The summed E-state index contributed by atoms with van der Waals surface area (Å²) in [5.41, 5.74) is 0. The molecule has 2 rings (SSSR count). The average Bonchev–Trinajstić information content (AvgIpc) is 2.97. The van der Waals surface area contributed by atoms with Crippen molar-refractivity contribution in [3.63, 3.8) is 0 Å². The lowest BCUT2D eigenvalue weighted by molar-refractivity contribution is -0.0875. The van der Waals surface area contributed by atoms with Gasteiger partial charge in [0.05, 0.1) is 26.4 Å². The molecular weight excluding hydrogens is 228 g/mol. The normalized spacial score (nSPS) is 37.8. The van der Waals surface area contributed by atoms with E-state index in [9.17, 15) is 0 Å². The van der Waals surface area contributed by atoms with Crippen LogP contribution in [0.4, 0.5) is 0 Å². The highest BCUT2D eigenvalue weighted by molar-refractivity contribution is 4.67. The van der Waals surface area contributed by atoms with Crippen LogP contribution in [-0.4, -0.2) is 61.4 Å². The van der Waals surface area contributed by atoms with Crippen LogP contribution >= 0.6 is 0 Å². The lowest BCUT2D eigenvalue weighted by atomic mass is 10.2. The van der Waals surface area contributed by atoms with E-state index in [1.54, 1.807) is 0 Å². The van der Waals surface area contributed by atoms with Gasteiger partial charge < -0.3 is 29.2 Å². The molecule has 0 saturated carbocycles. The van der Waals surface area contributed by atoms with Gasteiger partial charge in [0.2, 0.25) is 0 Å². The third kappa shape index (κ3) is 3.87. The van der Waals surface area contributed by atoms with Crippen LogP contribution in [0.15, 0.2) is 0 Å². The van der Waals surface area contributed by atoms with Crippen molar-refractivity contribution in [1.29, 1.82) is 0 Å². The summed E-state index contributed by atoms with van der Waals surface area (Å²) >= 11 is 0. The summed E-state index contributed by atoms with van der Waals surface area (Å²) in [7, 11) is 0. The molecule has 0 bridgehead atoms. The first kappa shape index (κ1) is 13.2. The maximum absolute atomic E-state index is 8.87. The van der Waals surface area contributed by atoms with Gasteiger partial charge in [0.15, 0.2) is 12.6 Å². The highest BCUT2D eigenvalue weighted by Gasteiger charge is 2.27. The Morgan fingerprint density at radius 1 is 0.824 bits per heavy atom. The molecule has 2 saturated heterocycles.